The molecule has 2 rings (SSSR count). The molecule has 0 amide bonds. The molecule has 0 aliphatic carbocycles. The first-order chi connectivity index (χ1) is 8.66. The molecule has 3 heteroatoms. The standard InChI is InChI=1S/C15H22O2Si/c1-18(2)11-7-6-10-15(17-18)13-16-12-14-8-4-3-5-9-14/h3-9,15H,10-13H2,1-2H3/t15-/m1/s1. The first kappa shape index (κ1) is 13.5. The predicted molar refractivity (Wildman–Crippen MR) is 77.0 cm³/mol. The average Bonchev–Trinajstić information content (AvgIpc) is 2.51. The van der Waals surface area contributed by atoms with Crippen molar-refractivity contribution in [1.82, 2.24) is 0 Å². The second-order valence-corrected chi connectivity index (χ2v) is 9.57. The van der Waals surface area contributed by atoms with Gasteiger partial charge in [0.1, 0.15) is 0 Å². The summed E-state index contributed by atoms with van der Waals surface area (Å²) in [6.45, 7) is 5.90. The minimum Gasteiger partial charge on any atom is -0.411 e. The molecule has 0 N–H and O–H groups in total. The number of allylic oxidation sites excluding steroid dienone is 1. The summed E-state index contributed by atoms with van der Waals surface area (Å²) in [6, 6.07) is 11.4. The summed E-state index contributed by atoms with van der Waals surface area (Å²) in [5.74, 6) is 0. The maximum atomic E-state index is 6.19. The lowest BCUT2D eigenvalue weighted by molar-refractivity contribution is 0.0393. The van der Waals surface area contributed by atoms with Gasteiger partial charge in [0.2, 0.25) is 0 Å². The van der Waals surface area contributed by atoms with Crippen molar-refractivity contribution in [1.29, 1.82) is 0 Å². The SMILES string of the molecule is C[Si]1(C)CC=CC[C@H](COCc2ccccc2)O1. The van der Waals surface area contributed by atoms with E-state index >= 15 is 0 Å². The Kier molecular flexibility index (Phi) is 4.75. The maximum Gasteiger partial charge on any atom is 0.191 e. The second kappa shape index (κ2) is 6.32. The van der Waals surface area contributed by atoms with Crippen LogP contribution < -0.4 is 0 Å². The Bertz CT molecular complexity index is 387. The molecule has 1 aromatic rings. The van der Waals surface area contributed by atoms with Gasteiger partial charge in [-0.05, 0) is 31.1 Å². The molecule has 0 unspecified atom stereocenters. The summed E-state index contributed by atoms with van der Waals surface area (Å²) in [6.07, 6.45) is 5.71. The van der Waals surface area contributed by atoms with Crippen LogP contribution in [-0.2, 0) is 15.8 Å². The van der Waals surface area contributed by atoms with Gasteiger partial charge in [-0.2, -0.15) is 0 Å². The molecule has 1 heterocycles. The van der Waals surface area contributed by atoms with E-state index in [9.17, 15) is 0 Å². The molecule has 1 aliphatic rings. The molecule has 98 valence electrons. The Morgan fingerprint density at radius 1 is 1.22 bits per heavy atom. The molecule has 1 aliphatic heterocycles. The van der Waals surface area contributed by atoms with Crippen LogP contribution in [0.1, 0.15) is 12.0 Å². The van der Waals surface area contributed by atoms with Crippen molar-refractivity contribution in [3.8, 4) is 0 Å². The third-order valence-electron chi connectivity index (χ3n) is 3.08. The van der Waals surface area contributed by atoms with Crippen LogP contribution in [0, 0.1) is 0 Å². The van der Waals surface area contributed by atoms with Crippen molar-refractivity contribution >= 4 is 8.32 Å². The van der Waals surface area contributed by atoms with Crippen molar-refractivity contribution in [2.75, 3.05) is 6.61 Å². The number of hydrogen-bond donors (Lipinski definition) is 0. The molecule has 1 aromatic carbocycles. The smallest absolute Gasteiger partial charge is 0.191 e. The van der Waals surface area contributed by atoms with Crippen molar-refractivity contribution in [2.24, 2.45) is 0 Å². The largest absolute Gasteiger partial charge is 0.411 e. The normalized spacial score (nSPS) is 22.7. The van der Waals surface area contributed by atoms with Gasteiger partial charge in [0.15, 0.2) is 8.32 Å². The highest BCUT2D eigenvalue weighted by atomic mass is 28.4. The summed E-state index contributed by atoms with van der Waals surface area (Å²) in [5.41, 5.74) is 1.22. The van der Waals surface area contributed by atoms with E-state index in [2.05, 4.69) is 37.4 Å². The van der Waals surface area contributed by atoms with Crippen LogP contribution in [0.4, 0.5) is 0 Å². The lowest BCUT2D eigenvalue weighted by Crippen LogP contribution is -2.35. The molecule has 0 saturated heterocycles. The zero-order chi connectivity index (χ0) is 12.8. The van der Waals surface area contributed by atoms with Gasteiger partial charge in [0.05, 0.1) is 19.3 Å². The topological polar surface area (TPSA) is 18.5 Å². The third-order valence-corrected chi connectivity index (χ3v) is 5.27. The van der Waals surface area contributed by atoms with Crippen LogP contribution in [0.5, 0.6) is 0 Å². The highest BCUT2D eigenvalue weighted by Gasteiger charge is 2.26. The van der Waals surface area contributed by atoms with E-state index in [0.29, 0.717) is 13.2 Å². The van der Waals surface area contributed by atoms with Gasteiger partial charge in [-0.3, -0.25) is 0 Å². The Labute approximate surface area is 111 Å². The summed E-state index contributed by atoms with van der Waals surface area (Å²) >= 11 is 0. The zero-order valence-corrected chi connectivity index (χ0v) is 12.3. The fraction of sp³-hybridized carbons (Fsp3) is 0.467. The van der Waals surface area contributed by atoms with Crippen LogP contribution in [0.25, 0.3) is 0 Å². The summed E-state index contributed by atoms with van der Waals surface area (Å²) < 4.78 is 12.0. The Morgan fingerprint density at radius 3 is 2.78 bits per heavy atom. The molecular formula is C15H22O2Si. The lowest BCUT2D eigenvalue weighted by Gasteiger charge is -2.26. The van der Waals surface area contributed by atoms with E-state index in [1.54, 1.807) is 0 Å². The Balaban J connectivity index is 1.78. The molecule has 0 spiro atoms. The van der Waals surface area contributed by atoms with Crippen molar-refractivity contribution < 1.29 is 9.16 Å². The van der Waals surface area contributed by atoms with E-state index in [-0.39, 0.29) is 6.10 Å². The van der Waals surface area contributed by atoms with Gasteiger partial charge in [-0.15, -0.1) is 0 Å². The maximum absolute atomic E-state index is 6.19. The number of benzene rings is 1. The van der Waals surface area contributed by atoms with E-state index < -0.39 is 8.32 Å². The third kappa shape index (κ3) is 4.41. The summed E-state index contributed by atoms with van der Waals surface area (Å²) in [7, 11) is -1.50. The van der Waals surface area contributed by atoms with Crippen molar-refractivity contribution in [3.63, 3.8) is 0 Å². The molecule has 0 bridgehead atoms. The monoisotopic (exact) mass is 262 g/mol. The molecule has 1 atom stereocenters. The van der Waals surface area contributed by atoms with E-state index in [0.717, 1.165) is 12.5 Å². The molecule has 0 radical (unpaired) electrons. The fourth-order valence-corrected chi connectivity index (χ4v) is 4.04. The Hall–Kier alpha value is -0.903. The first-order valence-electron chi connectivity index (χ1n) is 6.60. The molecule has 18 heavy (non-hydrogen) atoms. The predicted octanol–water partition coefficient (Wildman–Crippen LogP) is 3.75. The molecule has 2 nitrogen and oxygen atoms in total. The van der Waals surface area contributed by atoms with Gasteiger partial charge < -0.3 is 9.16 Å². The highest BCUT2D eigenvalue weighted by Crippen LogP contribution is 2.20. The zero-order valence-electron chi connectivity index (χ0n) is 11.3. The van der Waals surface area contributed by atoms with Gasteiger partial charge in [0.25, 0.3) is 0 Å². The molecule has 0 fully saturated rings. The van der Waals surface area contributed by atoms with Gasteiger partial charge in [-0.1, -0.05) is 42.5 Å². The van der Waals surface area contributed by atoms with Crippen LogP contribution in [-0.4, -0.2) is 21.0 Å². The molecule has 0 aromatic heterocycles. The van der Waals surface area contributed by atoms with E-state index in [1.807, 2.05) is 18.2 Å². The fourth-order valence-electron chi connectivity index (χ4n) is 2.15. The Morgan fingerprint density at radius 2 is 2.00 bits per heavy atom. The molecular weight excluding hydrogens is 240 g/mol. The van der Waals surface area contributed by atoms with Gasteiger partial charge >= 0.3 is 0 Å². The minimum atomic E-state index is -1.50. The number of ether oxygens (including phenoxy) is 1. The number of hydrogen-bond acceptors (Lipinski definition) is 2. The number of rotatable bonds is 4. The van der Waals surface area contributed by atoms with Gasteiger partial charge in [-0.25, -0.2) is 0 Å². The molecule has 0 saturated carbocycles. The summed E-state index contributed by atoms with van der Waals surface area (Å²) in [4.78, 5) is 0. The van der Waals surface area contributed by atoms with Crippen LogP contribution in [0.2, 0.25) is 19.1 Å². The summed E-state index contributed by atoms with van der Waals surface area (Å²) in [5, 5.41) is 0. The first-order valence-corrected chi connectivity index (χ1v) is 9.72. The van der Waals surface area contributed by atoms with E-state index in [4.69, 9.17) is 9.16 Å². The highest BCUT2D eigenvalue weighted by molar-refractivity contribution is 6.71. The van der Waals surface area contributed by atoms with E-state index in [1.165, 1.54) is 5.56 Å². The average molecular weight is 262 g/mol. The van der Waals surface area contributed by atoms with Crippen molar-refractivity contribution in [2.45, 2.75) is 38.3 Å². The lowest BCUT2D eigenvalue weighted by atomic mass is 10.2. The second-order valence-electron chi connectivity index (χ2n) is 5.41. The van der Waals surface area contributed by atoms with Crippen LogP contribution in [0.3, 0.4) is 0 Å². The van der Waals surface area contributed by atoms with Crippen molar-refractivity contribution in [3.05, 3.63) is 48.0 Å². The quantitative estimate of drug-likeness (QED) is 0.608. The van der Waals surface area contributed by atoms with Crippen LogP contribution in [0.15, 0.2) is 42.5 Å². The van der Waals surface area contributed by atoms with Gasteiger partial charge in [0, 0.05) is 0 Å². The van der Waals surface area contributed by atoms with Crippen LogP contribution >= 0.6 is 0 Å². The minimum absolute atomic E-state index is 0.231.